The van der Waals surface area contributed by atoms with Gasteiger partial charge in [0, 0.05) is 19.3 Å². The summed E-state index contributed by atoms with van der Waals surface area (Å²) in [7, 11) is 0. The summed E-state index contributed by atoms with van der Waals surface area (Å²) in [5.41, 5.74) is 0. The highest BCUT2D eigenvalue weighted by molar-refractivity contribution is 5.71. The zero-order valence-electron chi connectivity index (χ0n) is 42.0. The third kappa shape index (κ3) is 49.9. The molecule has 0 N–H and O–H groups in total. The maximum Gasteiger partial charge on any atom is 0.306 e. The second-order valence-electron chi connectivity index (χ2n) is 17.8. The summed E-state index contributed by atoms with van der Waals surface area (Å²) in [5, 5.41) is 0. The minimum Gasteiger partial charge on any atom is -0.462 e. The Morgan fingerprint density at radius 3 is 1.03 bits per heavy atom. The molecular formula is C58H100O6. The lowest BCUT2D eigenvalue weighted by Crippen LogP contribution is -2.30. The van der Waals surface area contributed by atoms with Crippen molar-refractivity contribution in [2.75, 3.05) is 13.2 Å². The van der Waals surface area contributed by atoms with Gasteiger partial charge in [0.1, 0.15) is 13.2 Å². The Kier molecular flexibility index (Phi) is 49.9. The lowest BCUT2D eigenvalue weighted by molar-refractivity contribution is -0.167. The van der Waals surface area contributed by atoms with Crippen molar-refractivity contribution in [3.05, 3.63) is 72.9 Å². The fourth-order valence-electron chi connectivity index (χ4n) is 7.41. The van der Waals surface area contributed by atoms with E-state index in [0.29, 0.717) is 19.3 Å². The van der Waals surface area contributed by atoms with Gasteiger partial charge in [-0.2, -0.15) is 0 Å². The molecule has 0 rings (SSSR count). The molecule has 1 unspecified atom stereocenters. The summed E-state index contributed by atoms with van der Waals surface area (Å²) in [4.78, 5) is 37.7. The topological polar surface area (TPSA) is 78.9 Å². The molecule has 368 valence electrons. The van der Waals surface area contributed by atoms with Crippen molar-refractivity contribution in [1.82, 2.24) is 0 Å². The number of allylic oxidation sites excluding steroid dienone is 12. The summed E-state index contributed by atoms with van der Waals surface area (Å²) < 4.78 is 16.7. The van der Waals surface area contributed by atoms with E-state index in [1.165, 1.54) is 109 Å². The molecule has 0 saturated heterocycles. The molecule has 0 saturated carbocycles. The molecule has 64 heavy (non-hydrogen) atoms. The zero-order chi connectivity index (χ0) is 46.5. The van der Waals surface area contributed by atoms with Crippen LogP contribution in [-0.4, -0.2) is 37.2 Å². The van der Waals surface area contributed by atoms with Crippen molar-refractivity contribution >= 4 is 17.9 Å². The molecule has 0 aliphatic rings. The van der Waals surface area contributed by atoms with Gasteiger partial charge in [0.15, 0.2) is 6.10 Å². The SMILES string of the molecule is CC/C=C\C/C=C\C/C=C\C/C=C\C/C=C\CCCCCCCCCCCCCCCC(=O)OCC(COC(=O)CCCCCCCCC)OC(=O)CCCCCCC/C=C\CCC. The second-order valence-corrected chi connectivity index (χ2v) is 17.8. The van der Waals surface area contributed by atoms with Crippen molar-refractivity contribution in [3.63, 3.8) is 0 Å². The molecule has 6 heteroatoms. The number of esters is 3. The molecule has 0 radical (unpaired) electrons. The van der Waals surface area contributed by atoms with Gasteiger partial charge in [-0.1, -0.05) is 229 Å². The summed E-state index contributed by atoms with van der Waals surface area (Å²) in [6.45, 7) is 6.41. The molecule has 0 fully saturated rings. The Morgan fingerprint density at radius 2 is 0.641 bits per heavy atom. The van der Waals surface area contributed by atoms with Crippen LogP contribution in [0.25, 0.3) is 0 Å². The van der Waals surface area contributed by atoms with Gasteiger partial charge in [-0.15, -0.1) is 0 Å². The molecule has 0 aliphatic carbocycles. The fourth-order valence-corrected chi connectivity index (χ4v) is 7.41. The van der Waals surface area contributed by atoms with Gasteiger partial charge in [0.05, 0.1) is 0 Å². The molecule has 0 aromatic heterocycles. The normalized spacial score (nSPS) is 12.6. The zero-order valence-corrected chi connectivity index (χ0v) is 42.0. The van der Waals surface area contributed by atoms with E-state index in [1.807, 2.05) is 0 Å². The first-order valence-electron chi connectivity index (χ1n) is 26.9. The number of hydrogen-bond acceptors (Lipinski definition) is 6. The van der Waals surface area contributed by atoms with Gasteiger partial charge in [-0.3, -0.25) is 14.4 Å². The van der Waals surface area contributed by atoms with Crippen molar-refractivity contribution in [1.29, 1.82) is 0 Å². The number of hydrogen-bond donors (Lipinski definition) is 0. The van der Waals surface area contributed by atoms with E-state index in [1.54, 1.807) is 0 Å². The van der Waals surface area contributed by atoms with Crippen LogP contribution in [-0.2, 0) is 28.6 Å². The van der Waals surface area contributed by atoms with Crippen LogP contribution in [0.3, 0.4) is 0 Å². The van der Waals surface area contributed by atoms with E-state index >= 15 is 0 Å². The minimum absolute atomic E-state index is 0.0771. The molecule has 0 aliphatic heterocycles. The molecule has 0 spiro atoms. The highest BCUT2D eigenvalue weighted by Gasteiger charge is 2.19. The van der Waals surface area contributed by atoms with Gasteiger partial charge in [-0.05, 0) is 83.5 Å². The highest BCUT2D eigenvalue weighted by atomic mass is 16.6. The summed E-state index contributed by atoms with van der Waals surface area (Å²) in [6, 6.07) is 0. The average molecular weight is 893 g/mol. The average Bonchev–Trinajstić information content (AvgIpc) is 3.29. The molecule has 0 heterocycles. The van der Waals surface area contributed by atoms with E-state index in [9.17, 15) is 14.4 Å². The van der Waals surface area contributed by atoms with E-state index in [0.717, 1.165) is 109 Å². The molecule has 0 bridgehead atoms. The Bertz CT molecular complexity index is 1210. The molecule has 0 aromatic carbocycles. The Balaban J connectivity index is 4.03. The molecule has 6 nitrogen and oxygen atoms in total. The summed E-state index contributed by atoms with van der Waals surface area (Å²) in [5.74, 6) is -0.894. The number of carbonyl (C=O) groups is 3. The van der Waals surface area contributed by atoms with Crippen LogP contribution in [0, 0.1) is 0 Å². The van der Waals surface area contributed by atoms with Crippen LogP contribution >= 0.6 is 0 Å². The van der Waals surface area contributed by atoms with Crippen LogP contribution in [0.1, 0.15) is 258 Å². The molecule has 1 atom stereocenters. The maximum absolute atomic E-state index is 12.7. The first-order chi connectivity index (χ1) is 31.5. The smallest absolute Gasteiger partial charge is 0.306 e. The molecular weight excluding hydrogens is 793 g/mol. The first-order valence-corrected chi connectivity index (χ1v) is 26.9. The van der Waals surface area contributed by atoms with Gasteiger partial charge in [-0.25, -0.2) is 0 Å². The van der Waals surface area contributed by atoms with Crippen LogP contribution in [0.15, 0.2) is 72.9 Å². The van der Waals surface area contributed by atoms with Gasteiger partial charge in [0.2, 0.25) is 0 Å². The van der Waals surface area contributed by atoms with Crippen molar-refractivity contribution in [2.24, 2.45) is 0 Å². The van der Waals surface area contributed by atoms with Gasteiger partial charge >= 0.3 is 17.9 Å². The lowest BCUT2D eigenvalue weighted by Gasteiger charge is -2.18. The third-order valence-corrected chi connectivity index (χ3v) is 11.4. The fraction of sp³-hybridized carbons (Fsp3) is 0.741. The van der Waals surface area contributed by atoms with E-state index in [2.05, 4.69) is 93.7 Å². The van der Waals surface area contributed by atoms with Crippen LogP contribution in [0.4, 0.5) is 0 Å². The molecule has 0 amide bonds. The highest BCUT2D eigenvalue weighted by Crippen LogP contribution is 2.15. The largest absolute Gasteiger partial charge is 0.462 e. The minimum atomic E-state index is -0.774. The van der Waals surface area contributed by atoms with Crippen LogP contribution in [0.5, 0.6) is 0 Å². The van der Waals surface area contributed by atoms with Crippen LogP contribution < -0.4 is 0 Å². The predicted molar refractivity (Wildman–Crippen MR) is 274 cm³/mol. The summed E-state index contributed by atoms with van der Waals surface area (Å²) >= 11 is 0. The van der Waals surface area contributed by atoms with E-state index in [4.69, 9.17) is 14.2 Å². The Hall–Kier alpha value is -3.15. The van der Waals surface area contributed by atoms with Gasteiger partial charge in [0.25, 0.3) is 0 Å². The van der Waals surface area contributed by atoms with Crippen molar-refractivity contribution < 1.29 is 28.6 Å². The van der Waals surface area contributed by atoms with Crippen molar-refractivity contribution in [3.8, 4) is 0 Å². The lowest BCUT2D eigenvalue weighted by atomic mass is 10.0. The number of ether oxygens (including phenoxy) is 3. The second kappa shape index (κ2) is 52.5. The van der Waals surface area contributed by atoms with E-state index in [-0.39, 0.29) is 31.1 Å². The van der Waals surface area contributed by atoms with E-state index < -0.39 is 6.10 Å². The predicted octanol–water partition coefficient (Wildman–Crippen LogP) is 17.8. The Morgan fingerprint density at radius 1 is 0.328 bits per heavy atom. The summed E-state index contributed by atoms with van der Waals surface area (Å²) in [6.07, 6.45) is 66.4. The third-order valence-electron chi connectivity index (χ3n) is 11.4. The number of unbranched alkanes of at least 4 members (excludes halogenated alkanes) is 25. The first kappa shape index (κ1) is 60.9. The quantitative estimate of drug-likeness (QED) is 0.0262. The number of carbonyl (C=O) groups excluding carboxylic acids is 3. The van der Waals surface area contributed by atoms with Gasteiger partial charge < -0.3 is 14.2 Å². The maximum atomic E-state index is 12.7. The van der Waals surface area contributed by atoms with Crippen LogP contribution in [0.2, 0.25) is 0 Å². The molecule has 0 aromatic rings. The monoisotopic (exact) mass is 893 g/mol. The number of rotatable bonds is 48. The van der Waals surface area contributed by atoms with Crippen molar-refractivity contribution in [2.45, 2.75) is 264 Å². The standard InChI is InChI=1S/C58H100O6/c1-4-7-10-13-16-18-20-21-22-23-24-25-26-27-28-29-30-31-32-33-34-35-36-37-38-40-42-45-48-51-57(60)63-54-55(53-62-56(59)50-47-44-41-15-12-9-6-3)64-58(61)52-49-46-43-39-19-17-14-11-8-5-2/h7,10-11,14,16,18,21-22,24-25,27-28,55H,4-6,8-9,12-13,15,17,19-20,23,26,29-54H2,1-3H3/b10-7-,14-11-,18-16-,22-21-,25-24-,28-27-. The Labute approximate surface area is 395 Å².